The molecular weight excluding hydrogens is 629 g/mol. The van der Waals surface area contributed by atoms with Gasteiger partial charge in [-0.05, 0) is 43.8 Å². The number of nitrogen functional groups attached to an aromatic ring is 1. The molecule has 17 heteroatoms. The van der Waals surface area contributed by atoms with Crippen LogP contribution in [0.1, 0.15) is 37.8 Å². The Balaban J connectivity index is 0.00000202. The number of thiazole rings is 1. The van der Waals surface area contributed by atoms with Gasteiger partial charge in [0, 0.05) is 36.3 Å². The van der Waals surface area contributed by atoms with Gasteiger partial charge in [0.1, 0.15) is 28.9 Å². The molecule has 228 valence electrons. The van der Waals surface area contributed by atoms with Crippen LogP contribution in [0.25, 0.3) is 0 Å². The Morgan fingerprint density at radius 2 is 1.98 bits per heavy atom. The molecule has 5 heterocycles. The number of amides is 3. The standard InChI is InChI=1S/C25H29N7O6S2.2ClH/c26-25-28-16(11-40-25)17(30-38-15-3-1-2-4-15)20(33)29-18-22(35)32-19(24(36)37)13(10-39-23(18)32)7-12-5-6-31(21(12)34)14-8-27-9-14;;/h7,11,14-15,18,23,27H,1-6,8-10H2,(H2,26,28)(H,29,33)(H,36,37);2*1H/b12-7?,30-17-;;. The van der Waals surface area contributed by atoms with Gasteiger partial charge in [0.2, 0.25) is 5.91 Å². The Morgan fingerprint density at radius 1 is 1.24 bits per heavy atom. The van der Waals surface area contributed by atoms with E-state index < -0.39 is 29.2 Å². The molecule has 1 aromatic rings. The second kappa shape index (κ2) is 13.2. The number of carbonyl (C=O) groups excluding carboxylic acids is 3. The molecule has 2 unspecified atom stereocenters. The fourth-order valence-corrected chi connectivity index (χ4v) is 7.36. The minimum atomic E-state index is -1.26. The van der Waals surface area contributed by atoms with Crippen LogP contribution in [0.5, 0.6) is 0 Å². The summed E-state index contributed by atoms with van der Waals surface area (Å²) in [6.45, 7) is 2.10. The summed E-state index contributed by atoms with van der Waals surface area (Å²) in [5.74, 6) is -2.28. The molecule has 0 bridgehead atoms. The van der Waals surface area contributed by atoms with Crippen molar-refractivity contribution in [3.8, 4) is 0 Å². The summed E-state index contributed by atoms with van der Waals surface area (Å²) in [4.78, 5) is 64.4. The Bertz CT molecular complexity index is 1360. The average molecular weight is 661 g/mol. The first kappa shape index (κ1) is 32.1. The van der Waals surface area contributed by atoms with Gasteiger partial charge >= 0.3 is 5.97 Å². The van der Waals surface area contributed by atoms with Crippen molar-refractivity contribution < 1.29 is 29.1 Å². The van der Waals surface area contributed by atoms with Gasteiger partial charge in [-0.15, -0.1) is 47.9 Å². The zero-order valence-electron chi connectivity index (χ0n) is 22.3. The number of likely N-dealkylation sites (tertiary alicyclic amines) is 1. The number of oxime groups is 1. The number of fused-ring (bicyclic) bond motifs is 1. The normalized spacial score (nSPS) is 25.4. The first-order valence-corrected chi connectivity index (χ1v) is 15.1. The van der Waals surface area contributed by atoms with Gasteiger partial charge in [-0.3, -0.25) is 19.3 Å². The summed E-state index contributed by atoms with van der Waals surface area (Å²) in [6, 6.07) is -0.793. The summed E-state index contributed by atoms with van der Waals surface area (Å²) in [5.41, 5.74) is 6.72. The number of aliphatic carboxylic acids is 1. The number of thioether (sulfide) groups is 1. The van der Waals surface area contributed by atoms with Crippen LogP contribution < -0.4 is 16.4 Å². The SMILES string of the molecule is Cl.Cl.Nc1nc(/C(=N/OC2CCCC2)C(=O)NC2C(=O)N3C(C(=O)O)=C(C=C4CCN(C5CNC5)C4=O)CSC23)cs1. The van der Waals surface area contributed by atoms with E-state index in [4.69, 9.17) is 10.6 Å². The Hall–Kier alpha value is -2.85. The molecule has 3 amide bonds. The molecule has 5 N–H and O–H groups in total. The lowest BCUT2D eigenvalue weighted by molar-refractivity contribution is -0.150. The molecule has 0 aromatic carbocycles. The molecular formula is C25H31Cl2N7O6S2. The van der Waals surface area contributed by atoms with E-state index in [2.05, 4.69) is 20.8 Å². The predicted octanol–water partition coefficient (Wildman–Crippen LogP) is 1.10. The highest BCUT2D eigenvalue weighted by atomic mass is 35.5. The molecule has 0 radical (unpaired) electrons. The number of hydrogen-bond donors (Lipinski definition) is 4. The van der Waals surface area contributed by atoms with Gasteiger partial charge in [-0.2, -0.15) is 0 Å². The van der Waals surface area contributed by atoms with E-state index in [0.29, 0.717) is 24.1 Å². The smallest absolute Gasteiger partial charge is 0.352 e. The van der Waals surface area contributed by atoms with E-state index in [1.54, 1.807) is 11.5 Å². The summed E-state index contributed by atoms with van der Waals surface area (Å²) in [6.07, 6.45) is 5.80. The number of allylic oxidation sites excluding steroid dienone is 1. The second-order valence-corrected chi connectivity index (χ2v) is 12.3. The van der Waals surface area contributed by atoms with Crippen molar-refractivity contribution in [2.45, 2.75) is 55.7 Å². The third kappa shape index (κ3) is 5.97. The van der Waals surface area contributed by atoms with Crippen LogP contribution in [0.3, 0.4) is 0 Å². The third-order valence-corrected chi connectivity index (χ3v) is 9.74. The van der Waals surface area contributed by atoms with Crippen LogP contribution in [0, 0.1) is 0 Å². The van der Waals surface area contributed by atoms with E-state index >= 15 is 0 Å². The lowest BCUT2D eigenvalue weighted by atomic mass is 10.0. The van der Waals surface area contributed by atoms with Gasteiger partial charge in [0.05, 0.1) is 6.04 Å². The number of aromatic nitrogens is 1. The maximum atomic E-state index is 13.3. The maximum absolute atomic E-state index is 13.3. The first-order chi connectivity index (χ1) is 19.3. The number of rotatable bonds is 8. The number of nitrogens with zero attached hydrogens (tertiary/aromatic N) is 4. The maximum Gasteiger partial charge on any atom is 0.352 e. The van der Waals surface area contributed by atoms with Gasteiger partial charge < -0.3 is 31.2 Å². The van der Waals surface area contributed by atoms with E-state index in [9.17, 15) is 24.3 Å². The molecule has 5 aliphatic rings. The number of carboxylic acids is 1. The van der Waals surface area contributed by atoms with E-state index in [0.717, 1.165) is 50.1 Å². The van der Waals surface area contributed by atoms with Crippen LogP contribution in [0.15, 0.2) is 33.5 Å². The fraction of sp³-hybridized carbons (Fsp3) is 0.520. The van der Waals surface area contributed by atoms with Crippen molar-refractivity contribution >= 4 is 82.4 Å². The average Bonchev–Trinajstić information content (AvgIpc) is 3.65. The summed E-state index contributed by atoms with van der Waals surface area (Å²) < 4.78 is 0. The fourth-order valence-electron chi connectivity index (χ4n) is 5.51. The second-order valence-electron chi connectivity index (χ2n) is 10.3. The van der Waals surface area contributed by atoms with Crippen LogP contribution in [0.2, 0.25) is 0 Å². The Kier molecular flexibility index (Phi) is 10.1. The number of anilines is 1. The number of nitrogens with two attached hydrogens (primary N) is 1. The van der Waals surface area contributed by atoms with E-state index in [1.807, 2.05) is 4.90 Å². The molecule has 0 spiro atoms. The summed E-state index contributed by atoms with van der Waals surface area (Å²) in [5, 5.41) is 21.2. The molecule has 2 atom stereocenters. The molecule has 1 saturated carbocycles. The van der Waals surface area contributed by atoms with Gasteiger partial charge in [-0.25, -0.2) is 9.78 Å². The van der Waals surface area contributed by atoms with Gasteiger partial charge in [0.25, 0.3) is 11.8 Å². The minimum Gasteiger partial charge on any atom is -0.477 e. The van der Waals surface area contributed by atoms with E-state index in [1.165, 1.54) is 16.7 Å². The molecule has 3 saturated heterocycles. The Labute approximate surface area is 262 Å². The van der Waals surface area contributed by atoms with Crippen molar-refractivity contribution in [1.82, 2.24) is 25.4 Å². The quantitative estimate of drug-likeness (QED) is 0.137. The molecule has 42 heavy (non-hydrogen) atoms. The highest BCUT2D eigenvalue weighted by Gasteiger charge is 2.54. The van der Waals surface area contributed by atoms with Crippen LogP contribution in [-0.2, 0) is 24.0 Å². The number of nitrogens with one attached hydrogen (secondary N) is 2. The highest BCUT2D eigenvalue weighted by Crippen LogP contribution is 2.41. The van der Waals surface area contributed by atoms with Crippen LogP contribution in [0.4, 0.5) is 5.13 Å². The van der Waals surface area contributed by atoms with Crippen molar-refractivity contribution in [1.29, 1.82) is 0 Å². The molecule has 6 rings (SSSR count). The zero-order valence-corrected chi connectivity index (χ0v) is 25.6. The lowest BCUT2D eigenvalue weighted by Gasteiger charge is -2.49. The molecule has 13 nitrogen and oxygen atoms in total. The third-order valence-electron chi connectivity index (χ3n) is 7.77. The van der Waals surface area contributed by atoms with E-state index in [-0.39, 0.29) is 70.9 Å². The zero-order chi connectivity index (χ0) is 28.0. The van der Waals surface area contributed by atoms with Crippen LogP contribution in [-0.4, -0.2) is 98.2 Å². The number of carbonyl (C=O) groups is 4. The van der Waals surface area contributed by atoms with Gasteiger partial charge in [0.15, 0.2) is 10.8 Å². The van der Waals surface area contributed by atoms with Crippen molar-refractivity contribution in [2.75, 3.05) is 31.1 Å². The van der Waals surface area contributed by atoms with Crippen LogP contribution >= 0.6 is 47.9 Å². The minimum absolute atomic E-state index is 0. The lowest BCUT2D eigenvalue weighted by Crippen LogP contribution is -2.71. The number of hydrogen-bond acceptors (Lipinski definition) is 11. The van der Waals surface area contributed by atoms with Gasteiger partial charge in [-0.1, -0.05) is 5.16 Å². The van der Waals surface area contributed by atoms with Crippen molar-refractivity contribution in [3.63, 3.8) is 0 Å². The topological polar surface area (TPSA) is 180 Å². The van der Waals surface area contributed by atoms with Crippen molar-refractivity contribution in [2.24, 2.45) is 5.16 Å². The molecule has 4 fully saturated rings. The highest BCUT2D eigenvalue weighted by molar-refractivity contribution is 8.00. The summed E-state index contributed by atoms with van der Waals surface area (Å²) >= 11 is 2.49. The number of β-lactam (4-membered cyclic amide) rings is 1. The predicted molar refractivity (Wildman–Crippen MR) is 162 cm³/mol. The number of halogens is 2. The largest absolute Gasteiger partial charge is 0.477 e. The molecule has 1 aromatic heterocycles. The first-order valence-electron chi connectivity index (χ1n) is 13.2. The summed E-state index contributed by atoms with van der Waals surface area (Å²) in [7, 11) is 0. The van der Waals surface area contributed by atoms with Crippen molar-refractivity contribution in [3.05, 3.63) is 34.0 Å². The Morgan fingerprint density at radius 3 is 2.60 bits per heavy atom. The number of carboxylic acid groups (broad SMARTS) is 1. The monoisotopic (exact) mass is 659 g/mol. The molecule has 1 aliphatic carbocycles. The molecule has 4 aliphatic heterocycles.